The van der Waals surface area contributed by atoms with Gasteiger partial charge < -0.3 is 4.74 Å². The van der Waals surface area contributed by atoms with E-state index in [4.69, 9.17) is 4.74 Å². The molecule has 1 aliphatic heterocycles. The fourth-order valence-electron chi connectivity index (χ4n) is 1.70. The Balaban J connectivity index is 2.24. The van der Waals surface area contributed by atoms with E-state index in [2.05, 4.69) is 25.2 Å². The van der Waals surface area contributed by atoms with Crippen LogP contribution in [0, 0.1) is 11.8 Å². The van der Waals surface area contributed by atoms with E-state index >= 15 is 0 Å². The monoisotopic (exact) mass is 136 g/mol. The van der Waals surface area contributed by atoms with Crippen LogP contribution in [0.3, 0.4) is 0 Å². The van der Waals surface area contributed by atoms with Crippen LogP contribution in [0.25, 0.3) is 0 Å². The molecule has 2 aliphatic rings. The molecule has 0 bridgehead atoms. The van der Waals surface area contributed by atoms with Crippen molar-refractivity contribution < 1.29 is 4.74 Å². The zero-order chi connectivity index (χ0) is 6.97. The molecule has 0 radical (unpaired) electrons. The maximum atomic E-state index is 5.37. The Labute approximate surface area is 61.4 Å². The second-order valence-electron chi connectivity index (χ2n) is 3.10. The average Bonchev–Trinajstić information content (AvgIpc) is 2.36. The van der Waals surface area contributed by atoms with Gasteiger partial charge in [-0.15, -0.1) is 0 Å². The first-order chi connectivity index (χ1) is 4.88. The molecule has 1 aliphatic carbocycles. The van der Waals surface area contributed by atoms with Gasteiger partial charge in [-0.05, 0) is 6.92 Å². The van der Waals surface area contributed by atoms with Crippen LogP contribution in [-0.4, -0.2) is 13.2 Å². The minimum Gasteiger partial charge on any atom is -0.380 e. The van der Waals surface area contributed by atoms with E-state index in [1.54, 1.807) is 0 Å². The van der Waals surface area contributed by atoms with Crippen molar-refractivity contribution in [2.24, 2.45) is 11.8 Å². The largest absolute Gasteiger partial charge is 0.380 e. The van der Waals surface area contributed by atoms with Gasteiger partial charge >= 0.3 is 0 Å². The Bertz CT molecular complexity index is 191. The molecule has 0 amide bonds. The third-order valence-corrected chi connectivity index (χ3v) is 2.43. The summed E-state index contributed by atoms with van der Waals surface area (Å²) in [7, 11) is 0. The smallest absolute Gasteiger partial charge is 0.0538 e. The van der Waals surface area contributed by atoms with Gasteiger partial charge in [-0.25, -0.2) is 0 Å². The lowest BCUT2D eigenvalue weighted by Crippen LogP contribution is -2.13. The molecule has 1 fully saturated rings. The van der Waals surface area contributed by atoms with E-state index in [1.807, 2.05) is 0 Å². The highest BCUT2D eigenvalue weighted by Gasteiger charge is 2.28. The minimum atomic E-state index is 0.671. The first-order valence-electron chi connectivity index (χ1n) is 3.80. The summed E-state index contributed by atoms with van der Waals surface area (Å²) in [6.07, 6.45) is 6.59. The molecule has 0 aromatic heterocycles. The van der Waals surface area contributed by atoms with Crippen molar-refractivity contribution in [1.29, 1.82) is 0 Å². The average molecular weight is 136 g/mol. The second-order valence-corrected chi connectivity index (χ2v) is 3.10. The second kappa shape index (κ2) is 2.24. The lowest BCUT2D eigenvalue weighted by atomic mass is 9.86. The van der Waals surface area contributed by atoms with Crippen LogP contribution in [0.5, 0.6) is 0 Å². The van der Waals surface area contributed by atoms with Crippen LogP contribution in [0.15, 0.2) is 23.8 Å². The van der Waals surface area contributed by atoms with Crippen LogP contribution >= 0.6 is 0 Å². The summed E-state index contributed by atoms with van der Waals surface area (Å²) in [5, 5.41) is 0. The van der Waals surface area contributed by atoms with Crippen molar-refractivity contribution in [3.8, 4) is 0 Å². The van der Waals surface area contributed by atoms with Crippen molar-refractivity contribution in [1.82, 2.24) is 0 Å². The zero-order valence-electron chi connectivity index (χ0n) is 6.21. The molecule has 0 saturated carbocycles. The third-order valence-electron chi connectivity index (χ3n) is 2.43. The molecular weight excluding hydrogens is 124 g/mol. The van der Waals surface area contributed by atoms with Crippen LogP contribution in [0.2, 0.25) is 0 Å². The number of hydrogen-bond donors (Lipinski definition) is 0. The highest BCUT2D eigenvalue weighted by molar-refractivity contribution is 5.22. The van der Waals surface area contributed by atoms with E-state index in [1.165, 1.54) is 5.57 Å². The minimum absolute atomic E-state index is 0.671. The van der Waals surface area contributed by atoms with Gasteiger partial charge in [0.1, 0.15) is 0 Å². The maximum Gasteiger partial charge on any atom is 0.0538 e. The van der Waals surface area contributed by atoms with Gasteiger partial charge in [0, 0.05) is 11.8 Å². The quantitative estimate of drug-likeness (QED) is 0.493. The normalized spacial score (nSPS) is 37.5. The van der Waals surface area contributed by atoms with Crippen LogP contribution in [-0.2, 0) is 4.74 Å². The molecule has 1 heterocycles. The summed E-state index contributed by atoms with van der Waals surface area (Å²) in [6, 6.07) is 0. The van der Waals surface area contributed by atoms with Gasteiger partial charge in [0.15, 0.2) is 0 Å². The van der Waals surface area contributed by atoms with Crippen molar-refractivity contribution in [2.45, 2.75) is 6.92 Å². The summed E-state index contributed by atoms with van der Waals surface area (Å²) in [6.45, 7) is 4.04. The van der Waals surface area contributed by atoms with E-state index in [0.717, 1.165) is 13.2 Å². The number of ether oxygens (including phenoxy) is 1. The SMILES string of the molecule is CC1=CC=CC2COC[C@@H]12. The summed E-state index contributed by atoms with van der Waals surface area (Å²) >= 11 is 0. The van der Waals surface area contributed by atoms with E-state index in [-0.39, 0.29) is 0 Å². The highest BCUT2D eigenvalue weighted by atomic mass is 16.5. The predicted octanol–water partition coefficient (Wildman–Crippen LogP) is 1.77. The molecule has 54 valence electrons. The van der Waals surface area contributed by atoms with Crippen molar-refractivity contribution >= 4 is 0 Å². The van der Waals surface area contributed by atoms with Crippen LogP contribution in [0.1, 0.15) is 6.92 Å². The molecule has 2 atom stereocenters. The van der Waals surface area contributed by atoms with Gasteiger partial charge in [-0.2, -0.15) is 0 Å². The van der Waals surface area contributed by atoms with Crippen LogP contribution in [0.4, 0.5) is 0 Å². The fourth-order valence-corrected chi connectivity index (χ4v) is 1.70. The zero-order valence-corrected chi connectivity index (χ0v) is 6.21. The van der Waals surface area contributed by atoms with Gasteiger partial charge in [0.2, 0.25) is 0 Å². The molecule has 1 heteroatoms. The predicted molar refractivity (Wildman–Crippen MR) is 40.7 cm³/mol. The standard InChI is InChI=1S/C9H12O/c1-7-3-2-4-8-5-10-6-9(7)8/h2-4,8-9H,5-6H2,1H3/t8?,9-/m0/s1. The topological polar surface area (TPSA) is 9.23 Å². The lowest BCUT2D eigenvalue weighted by molar-refractivity contribution is 0.186. The number of rotatable bonds is 0. The van der Waals surface area contributed by atoms with Gasteiger partial charge in [-0.1, -0.05) is 23.8 Å². The van der Waals surface area contributed by atoms with E-state index in [0.29, 0.717) is 11.8 Å². The summed E-state index contributed by atoms with van der Waals surface area (Å²) in [5.41, 5.74) is 1.48. The summed E-state index contributed by atoms with van der Waals surface area (Å²) in [5.74, 6) is 1.36. The Morgan fingerprint density at radius 2 is 2.40 bits per heavy atom. The summed E-state index contributed by atoms with van der Waals surface area (Å²) < 4.78 is 5.37. The van der Waals surface area contributed by atoms with Crippen molar-refractivity contribution in [3.05, 3.63) is 23.8 Å². The molecule has 1 nitrogen and oxygen atoms in total. The third kappa shape index (κ3) is 0.816. The molecule has 1 saturated heterocycles. The lowest BCUT2D eigenvalue weighted by Gasteiger charge is -2.17. The molecule has 10 heavy (non-hydrogen) atoms. The van der Waals surface area contributed by atoms with Gasteiger partial charge in [-0.3, -0.25) is 0 Å². The van der Waals surface area contributed by atoms with Gasteiger partial charge in [0.25, 0.3) is 0 Å². The Morgan fingerprint density at radius 3 is 3.20 bits per heavy atom. The Kier molecular flexibility index (Phi) is 1.38. The molecule has 0 N–H and O–H groups in total. The number of fused-ring (bicyclic) bond motifs is 1. The fraction of sp³-hybridized carbons (Fsp3) is 0.556. The van der Waals surface area contributed by atoms with Crippen molar-refractivity contribution in [2.75, 3.05) is 13.2 Å². The van der Waals surface area contributed by atoms with E-state index in [9.17, 15) is 0 Å². The first kappa shape index (κ1) is 6.17. The van der Waals surface area contributed by atoms with Crippen molar-refractivity contribution in [3.63, 3.8) is 0 Å². The highest BCUT2D eigenvalue weighted by Crippen LogP contribution is 2.30. The number of allylic oxidation sites excluding steroid dienone is 2. The molecule has 2 rings (SSSR count). The number of hydrogen-bond acceptors (Lipinski definition) is 1. The molecular formula is C9H12O. The molecule has 0 aromatic rings. The first-order valence-corrected chi connectivity index (χ1v) is 3.80. The molecule has 0 aromatic carbocycles. The van der Waals surface area contributed by atoms with E-state index < -0.39 is 0 Å². The summed E-state index contributed by atoms with van der Waals surface area (Å²) in [4.78, 5) is 0. The Morgan fingerprint density at radius 1 is 1.50 bits per heavy atom. The molecule has 0 spiro atoms. The van der Waals surface area contributed by atoms with Gasteiger partial charge in [0.05, 0.1) is 13.2 Å². The Hall–Kier alpha value is -0.560. The van der Waals surface area contributed by atoms with Crippen LogP contribution < -0.4 is 0 Å². The maximum absolute atomic E-state index is 5.37. The molecule has 1 unspecified atom stereocenters.